The van der Waals surface area contributed by atoms with Crippen LogP contribution in [0.15, 0.2) is 24.3 Å². The summed E-state index contributed by atoms with van der Waals surface area (Å²) in [7, 11) is 0. The molecule has 0 radical (unpaired) electrons. The van der Waals surface area contributed by atoms with E-state index in [4.69, 9.17) is 9.47 Å². The van der Waals surface area contributed by atoms with Crippen molar-refractivity contribution in [3.05, 3.63) is 30.1 Å². The van der Waals surface area contributed by atoms with Crippen molar-refractivity contribution in [3.8, 4) is 5.75 Å². The lowest BCUT2D eigenvalue weighted by molar-refractivity contribution is -0.0000777. The van der Waals surface area contributed by atoms with Gasteiger partial charge in [-0.3, -0.25) is 4.90 Å². The molecule has 2 saturated heterocycles. The first kappa shape index (κ1) is 15.7. The number of likely N-dealkylation sites (tertiary alicyclic amines) is 1. The van der Waals surface area contributed by atoms with E-state index < -0.39 is 5.60 Å². The second kappa shape index (κ2) is 6.94. The van der Waals surface area contributed by atoms with Gasteiger partial charge in [0.25, 0.3) is 0 Å². The molecule has 3 rings (SSSR count). The van der Waals surface area contributed by atoms with Gasteiger partial charge in [0.15, 0.2) is 0 Å². The van der Waals surface area contributed by atoms with E-state index in [1.165, 1.54) is 12.1 Å². The Kier molecular flexibility index (Phi) is 4.96. The summed E-state index contributed by atoms with van der Waals surface area (Å²) in [4.78, 5) is 2.31. The van der Waals surface area contributed by atoms with E-state index in [2.05, 4.69) is 4.90 Å². The number of β-amino-alcohol motifs (C(OH)–C–C–N with tert-alkyl or cyclic N) is 1. The van der Waals surface area contributed by atoms with Crippen molar-refractivity contribution < 1.29 is 19.0 Å². The minimum absolute atomic E-state index is 0.209. The Balaban J connectivity index is 1.47. The lowest BCUT2D eigenvalue weighted by Gasteiger charge is -2.28. The van der Waals surface area contributed by atoms with Crippen LogP contribution in [0.25, 0.3) is 0 Å². The predicted octanol–water partition coefficient (Wildman–Crippen LogP) is 2.07. The molecule has 2 heterocycles. The van der Waals surface area contributed by atoms with Gasteiger partial charge >= 0.3 is 0 Å². The molecular weight excluding hydrogens is 285 g/mol. The highest BCUT2D eigenvalue weighted by atomic mass is 19.1. The maximum Gasteiger partial charge on any atom is 0.126 e. The van der Waals surface area contributed by atoms with Crippen LogP contribution in [0.4, 0.5) is 4.39 Å². The lowest BCUT2D eigenvalue weighted by Crippen LogP contribution is -2.40. The predicted molar refractivity (Wildman–Crippen MR) is 81.4 cm³/mol. The molecule has 0 saturated carbocycles. The molecule has 0 amide bonds. The molecule has 0 unspecified atom stereocenters. The number of aliphatic hydroxyl groups is 1. The van der Waals surface area contributed by atoms with Crippen LogP contribution in [0.1, 0.15) is 19.3 Å². The van der Waals surface area contributed by atoms with Crippen LogP contribution in [0, 0.1) is 11.7 Å². The van der Waals surface area contributed by atoms with Crippen molar-refractivity contribution in [2.24, 2.45) is 5.92 Å². The van der Waals surface area contributed by atoms with Crippen LogP contribution in [0.2, 0.25) is 0 Å². The summed E-state index contributed by atoms with van der Waals surface area (Å²) >= 11 is 0. The van der Waals surface area contributed by atoms with Gasteiger partial charge in [0.2, 0.25) is 0 Å². The molecule has 0 aromatic heterocycles. The Labute approximate surface area is 130 Å². The van der Waals surface area contributed by atoms with E-state index in [1.54, 1.807) is 12.1 Å². The van der Waals surface area contributed by atoms with Gasteiger partial charge in [-0.1, -0.05) is 6.07 Å². The van der Waals surface area contributed by atoms with E-state index in [0.717, 1.165) is 39.1 Å². The molecule has 5 heteroatoms. The molecule has 122 valence electrons. The van der Waals surface area contributed by atoms with Crippen LogP contribution in [-0.4, -0.2) is 55.1 Å². The van der Waals surface area contributed by atoms with Gasteiger partial charge in [0, 0.05) is 38.9 Å². The number of rotatable bonds is 5. The molecular formula is C17H24FNO3. The number of ether oxygens (including phenoxy) is 2. The molecule has 1 aromatic carbocycles. The summed E-state index contributed by atoms with van der Waals surface area (Å²) in [6.07, 6.45) is 2.91. The molecule has 2 aliphatic rings. The molecule has 2 fully saturated rings. The summed E-state index contributed by atoms with van der Waals surface area (Å²) in [6, 6.07) is 6.05. The highest BCUT2D eigenvalue weighted by Crippen LogP contribution is 2.26. The number of hydrogen-bond donors (Lipinski definition) is 1. The SMILES string of the molecule is O[C@@]1(COc2cccc(F)c2)CCN(CC2CCOCC2)C1. The van der Waals surface area contributed by atoms with Gasteiger partial charge in [-0.2, -0.15) is 0 Å². The molecule has 1 aromatic rings. The summed E-state index contributed by atoms with van der Waals surface area (Å²) < 4.78 is 24.1. The smallest absolute Gasteiger partial charge is 0.126 e. The Morgan fingerprint density at radius 3 is 2.95 bits per heavy atom. The Hall–Kier alpha value is -1.17. The summed E-state index contributed by atoms with van der Waals surface area (Å²) in [5.74, 6) is 0.814. The minimum atomic E-state index is -0.836. The zero-order valence-electron chi connectivity index (χ0n) is 12.8. The van der Waals surface area contributed by atoms with Gasteiger partial charge in [-0.25, -0.2) is 4.39 Å². The fourth-order valence-corrected chi connectivity index (χ4v) is 3.28. The van der Waals surface area contributed by atoms with Gasteiger partial charge in [-0.05, 0) is 37.3 Å². The number of hydrogen-bond acceptors (Lipinski definition) is 4. The zero-order chi connectivity index (χ0) is 15.4. The van der Waals surface area contributed by atoms with Crippen LogP contribution in [0.5, 0.6) is 5.75 Å². The first-order valence-corrected chi connectivity index (χ1v) is 8.04. The molecule has 0 spiro atoms. The maximum atomic E-state index is 13.1. The van der Waals surface area contributed by atoms with Crippen LogP contribution < -0.4 is 4.74 Å². The first-order chi connectivity index (χ1) is 10.6. The van der Waals surface area contributed by atoms with E-state index in [9.17, 15) is 9.50 Å². The van der Waals surface area contributed by atoms with Crippen molar-refractivity contribution in [1.82, 2.24) is 4.90 Å². The third-order valence-corrected chi connectivity index (χ3v) is 4.57. The molecule has 4 nitrogen and oxygen atoms in total. The van der Waals surface area contributed by atoms with Crippen molar-refractivity contribution in [2.45, 2.75) is 24.9 Å². The van der Waals surface area contributed by atoms with E-state index in [-0.39, 0.29) is 12.4 Å². The Bertz CT molecular complexity index is 493. The number of benzene rings is 1. The standard InChI is InChI=1S/C17H24FNO3/c18-15-2-1-3-16(10-15)22-13-17(20)6-7-19(12-17)11-14-4-8-21-9-5-14/h1-3,10,14,20H,4-9,11-13H2/t17-/m0/s1. The van der Waals surface area contributed by atoms with Gasteiger partial charge < -0.3 is 14.6 Å². The van der Waals surface area contributed by atoms with Crippen molar-refractivity contribution in [2.75, 3.05) is 39.5 Å². The largest absolute Gasteiger partial charge is 0.490 e. The summed E-state index contributed by atoms with van der Waals surface area (Å²) in [6.45, 7) is 4.45. The second-order valence-electron chi connectivity index (χ2n) is 6.51. The summed E-state index contributed by atoms with van der Waals surface area (Å²) in [5, 5.41) is 10.6. The fraction of sp³-hybridized carbons (Fsp3) is 0.647. The molecule has 0 bridgehead atoms. The van der Waals surface area contributed by atoms with Gasteiger partial charge in [0.1, 0.15) is 23.8 Å². The van der Waals surface area contributed by atoms with Gasteiger partial charge in [0.05, 0.1) is 0 Å². The van der Waals surface area contributed by atoms with E-state index in [1.807, 2.05) is 0 Å². The third-order valence-electron chi connectivity index (χ3n) is 4.57. The van der Waals surface area contributed by atoms with E-state index in [0.29, 0.717) is 24.6 Å². The quantitative estimate of drug-likeness (QED) is 0.904. The van der Waals surface area contributed by atoms with Crippen molar-refractivity contribution in [1.29, 1.82) is 0 Å². The van der Waals surface area contributed by atoms with Gasteiger partial charge in [-0.15, -0.1) is 0 Å². The normalized spacial score (nSPS) is 27.2. The zero-order valence-corrected chi connectivity index (χ0v) is 12.8. The monoisotopic (exact) mass is 309 g/mol. The Morgan fingerprint density at radius 1 is 1.36 bits per heavy atom. The third kappa shape index (κ3) is 4.18. The highest BCUT2D eigenvalue weighted by molar-refractivity contribution is 5.22. The minimum Gasteiger partial charge on any atom is -0.490 e. The average Bonchev–Trinajstić information content (AvgIpc) is 2.88. The summed E-state index contributed by atoms with van der Waals surface area (Å²) in [5.41, 5.74) is -0.836. The van der Waals surface area contributed by atoms with Crippen molar-refractivity contribution in [3.63, 3.8) is 0 Å². The van der Waals surface area contributed by atoms with Crippen LogP contribution >= 0.6 is 0 Å². The topological polar surface area (TPSA) is 41.9 Å². The fourth-order valence-electron chi connectivity index (χ4n) is 3.28. The molecule has 1 atom stereocenters. The van der Waals surface area contributed by atoms with Crippen molar-refractivity contribution >= 4 is 0 Å². The molecule has 22 heavy (non-hydrogen) atoms. The average molecular weight is 309 g/mol. The first-order valence-electron chi connectivity index (χ1n) is 8.04. The van der Waals surface area contributed by atoms with Crippen LogP contribution in [0.3, 0.4) is 0 Å². The maximum absolute atomic E-state index is 13.1. The van der Waals surface area contributed by atoms with Crippen LogP contribution in [-0.2, 0) is 4.74 Å². The second-order valence-corrected chi connectivity index (χ2v) is 6.51. The van der Waals surface area contributed by atoms with E-state index >= 15 is 0 Å². The number of nitrogens with zero attached hydrogens (tertiary/aromatic N) is 1. The molecule has 0 aliphatic carbocycles. The molecule has 2 aliphatic heterocycles. The lowest BCUT2D eigenvalue weighted by atomic mass is 10.00. The number of halogens is 1. The molecule has 1 N–H and O–H groups in total. The Morgan fingerprint density at radius 2 is 2.18 bits per heavy atom. The highest BCUT2D eigenvalue weighted by Gasteiger charge is 2.37.